The second-order valence-electron chi connectivity index (χ2n) is 5.04. The molecule has 0 fully saturated rings. The predicted molar refractivity (Wildman–Crippen MR) is 83.2 cm³/mol. The summed E-state index contributed by atoms with van der Waals surface area (Å²) in [7, 11) is 3.21. The van der Waals surface area contributed by atoms with Gasteiger partial charge in [-0.15, -0.1) is 0 Å². The zero-order valence-electron chi connectivity index (χ0n) is 12.6. The highest BCUT2D eigenvalue weighted by molar-refractivity contribution is 6.31. The van der Waals surface area contributed by atoms with E-state index in [2.05, 4.69) is 5.10 Å². The van der Waals surface area contributed by atoms with Gasteiger partial charge in [0.15, 0.2) is 0 Å². The highest BCUT2D eigenvalue weighted by atomic mass is 35.5. The first kappa shape index (κ1) is 15.7. The number of benzene rings is 1. The molecule has 1 atom stereocenters. The van der Waals surface area contributed by atoms with Gasteiger partial charge in [-0.05, 0) is 31.5 Å². The average molecular weight is 310 g/mol. The Morgan fingerprint density at radius 3 is 2.19 bits per heavy atom. The first-order valence-electron chi connectivity index (χ1n) is 6.69. The van der Waals surface area contributed by atoms with Gasteiger partial charge in [-0.1, -0.05) is 11.6 Å². The summed E-state index contributed by atoms with van der Waals surface area (Å²) >= 11 is 6.26. The van der Waals surface area contributed by atoms with E-state index in [1.54, 1.807) is 26.5 Å². The van der Waals surface area contributed by atoms with Crippen molar-refractivity contribution in [2.24, 2.45) is 5.73 Å². The lowest BCUT2D eigenvalue weighted by atomic mass is 10.0. The highest BCUT2D eigenvalue weighted by Crippen LogP contribution is 2.32. The van der Waals surface area contributed by atoms with E-state index < -0.39 is 6.04 Å². The predicted octanol–water partition coefficient (Wildman–Crippen LogP) is 3.18. The Morgan fingerprint density at radius 1 is 1.14 bits per heavy atom. The van der Waals surface area contributed by atoms with Gasteiger partial charge in [-0.3, -0.25) is 4.68 Å². The molecule has 21 heavy (non-hydrogen) atoms. The summed E-state index contributed by atoms with van der Waals surface area (Å²) in [5, 5.41) is 4.84. The topological polar surface area (TPSA) is 62.3 Å². The maximum Gasteiger partial charge on any atom is 0.122 e. The average Bonchev–Trinajstić information content (AvgIpc) is 2.87. The summed E-state index contributed by atoms with van der Waals surface area (Å²) in [6, 6.07) is 5.32. The van der Waals surface area contributed by atoms with Crippen molar-refractivity contribution in [3.8, 4) is 11.5 Å². The third-order valence-electron chi connectivity index (χ3n) is 3.30. The fourth-order valence-corrected chi connectivity index (χ4v) is 2.47. The number of methoxy groups -OCH3 is 2. The first-order valence-corrected chi connectivity index (χ1v) is 7.07. The third kappa shape index (κ3) is 3.14. The summed E-state index contributed by atoms with van der Waals surface area (Å²) in [4.78, 5) is 0. The summed E-state index contributed by atoms with van der Waals surface area (Å²) in [6.45, 7) is 4.07. The monoisotopic (exact) mass is 309 g/mol. The van der Waals surface area contributed by atoms with Crippen molar-refractivity contribution in [3.63, 3.8) is 0 Å². The van der Waals surface area contributed by atoms with Gasteiger partial charge in [0.05, 0.1) is 37.2 Å². The zero-order chi connectivity index (χ0) is 15.6. The van der Waals surface area contributed by atoms with Crippen molar-refractivity contribution in [1.29, 1.82) is 0 Å². The molecule has 0 bridgehead atoms. The zero-order valence-corrected chi connectivity index (χ0v) is 13.4. The van der Waals surface area contributed by atoms with Crippen molar-refractivity contribution < 1.29 is 9.47 Å². The van der Waals surface area contributed by atoms with Crippen LogP contribution in [0.15, 0.2) is 24.4 Å². The van der Waals surface area contributed by atoms with Gasteiger partial charge in [-0.25, -0.2) is 0 Å². The fraction of sp³-hybridized carbons (Fsp3) is 0.400. The van der Waals surface area contributed by atoms with Gasteiger partial charge in [0, 0.05) is 12.1 Å². The quantitative estimate of drug-likeness (QED) is 0.921. The van der Waals surface area contributed by atoms with Crippen LogP contribution in [0.2, 0.25) is 5.02 Å². The molecule has 0 spiro atoms. The van der Waals surface area contributed by atoms with Gasteiger partial charge in [0.2, 0.25) is 0 Å². The van der Waals surface area contributed by atoms with Crippen LogP contribution in [0.25, 0.3) is 0 Å². The number of nitrogens with two attached hydrogens (primary N) is 1. The van der Waals surface area contributed by atoms with E-state index in [0.29, 0.717) is 16.5 Å². The number of hydrogen-bond acceptors (Lipinski definition) is 4. The Hall–Kier alpha value is -1.72. The molecule has 1 aromatic carbocycles. The van der Waals surface area contributed by atoms with Gasteiger partial charge in [-0.2, -0.15) is 5.10 Å². The molecule has 1 unspecified atom stereocenters. The molecule has 6 heteroatoms. The molecule has 2 N–H and O–H groups in total. The van der Waals surface area contributed by atoms with Gasteiger partial charge >= 0.3 is 0 Å². The Morgan fingerprint density at radius 2 is 1.71 bits per heavy atom. The van der Waals surface area contributed by atoms with Crippen LogP contribution in [0, 0.1) is 0 Å². The van der Waals surface area contributed by atoms with Crippen LogP contribution in [0.4, 0.5) is 0 Å². The fourth-order valence-electron chi connectivity index (χ4n) is 2.22. The maximum absolute atomic E-state index is 6.39. The smallest absolute Gasteiger partial charge is 0.122 e. The van der Waals surface area contributed by atoms with Crippen LogP contribution in [0.3, 0.4) is 0 Å². The molecule has 114 valence electrons. The SMILES string of the molecule is COc1cc(OC)cc(C(N)c2c(Cl)cnn2C(C)C)c1. The standard InChI is InChI=1S/C15H20ClN3O2/c1-9(2)19-15(13(16)8-18-19)14(17)10-5-11(20-3)7-12(6-10)21-4/h5-9,14H,17H2,1-4H3. The van der Waals surface area contributed by atoms with Crippen LogP contribution in [0.1, 0.15) is 37.2 Å². The number of rotatable bonds is 5. The summed E-state index contributed by atoms with van der Waals surface area (Å²) < 4.78 is 12.4. The van der Waals surface area contributed by atoms with Crippen molar-refractivity contribution in [3.05, 3.63) is 40.7 Å². The Bertz CT molecular complexity index is 603. The second kappa shape index (κ2) is 6.37. The molecular weight excluding hydrogens is 290 g/mol. The lowest BCUT2D eigenvalue weighted by molar-refractivity contribution is 0.392. The van der Waals surface area contributed by atoms with Crippen molar-refractivity contribution >= 4 is 11.6 Å². The summed E-state index contributed by atoms with van der Waals surface area (Å²) in [5.41, 5.74) is 8.03. The second-order valence-corrected chi connectivity index (χ2v) is 5.45. The van der Waals surface area contributed by atoms with Crippen LogP contribution in [-0.2, 0) is 0 Å². The molecule has 0 aliphatic carbocycles. The molecule has 0 radical (unpaired) electrons. The van der Waals surface area contributed by atoms with E-state index in [-0.39, 0.29) is 6.04 Å². The lowest BCUT2D eigenvalue weighted by Gasteiger charge is -2.19. The largest absolute Gasteiger partial charge is 0.497 e. The van der Waals surface area contributed by atoms with Crippen molar-refractivity contribution in [2.75, 3.05) is 14.2 Å². The van der Waals surface area contributed by atoms with E-state index in [9.17, 15) is 0 Å². The molecule has 2 aromatic rings. The Kier molecular flexibility index (Phi) is 4.75. The number of hydrogen-bond donors (Lipinski definition) is 1. The molecule has 0 amide bonds. The van der Waals surface area contributed by atoms with Gasteiger partial charge in [0.1, 0.15) is 11.5 Å². The molecule has 1 aromatic heterocycles. The van der Waals surface area contributed by atoms with Crippen molar-refractivity contribution in [2.45, 2.75) is 25.9 Å². The van der Waals surface area contributed by atoms with Gasteiger partial charge in [0.25, 0.3) is 0 Å². The Labute approximate surface area is 129 Å². The minimum absolute atomic E-state index is 0.172. The summed E-state index contributed by atoms with van der Waals surface area (Å²) in [6.07, 6.45) is 1.62. The molecular formula is C15H20ClN3O2. The van der Waals surface area contributed by atoms with E-state index in [1.807, 2.05) is 30.7 Å². The third-order valence-corrected chi connectivity index (χ3v) is 3.59. The molecule has 5 nitrogen and oxygen atoms in total. The normalized spacial score (nSPS) is 12.5. The molecule has 2 rings (SSSR count). The van der Waals surface area contributed by atoms with Gasteiger partial charge < -0.3 is 15.2 Å². The molecule has 0 saturated carbocycles. The van der Waals surface area contributed by atoms with E-state index in [1.165, 1.54) is 0 Å². The van der Waals surface area contributed by atoms with E-state index in [4.69, 9.17) is 26.8 Å². The minimum atomic E-state index is -0.411. The Balaban J connectivity index is 2.49. The van der Waals surface area contributed by atoms with E-state index in [0.717, 1.165) is 11.3 Å². The lowest BCUT2D eigenvalue weighted by Crippen LogP contribution is -2.19. The molecule has 0 aliphatic rings. The number of ether oxygens (including phenoxy) is 2. The number of nitrogens with zero attached hydrogens (tertiary/aromatic N) is 2. The van der Waals surface area contributed by atoms with Crippen LogP contribution in [0.5, 0.6) is 11.5 Å². The van der Waals surface area contributed by atoms with Crippen molar-refractivity contribution in [1.82, 2.24) is 9.78 Å². The molecule has 0 saturated heterocycles. The summed E-state index contributed by atoms with van der Waals surface area (Å²) in [5.74, 6) is 1.37. The number of aromatic nitrogens is 2. The molecule has 1 heterocycles. The van der Waals surface area contributed by atoms with Crippen LogP contribution < -0.4 is 15.2 Å². The van der Waals surface area contributed by atoms with Crippen LogP contribution >= 0.6 is 11.6 Å². The first-order chi connectivity index (χ1) is 9.97. The number of halogens is 1. The van der Waals surface area contributed by atoms with E-state index >= 15 is 0 Å². The van der Waals surface area contributed by atoms with Crippen LogP contribution in [-0.4, -0.2) is 24.0 Å². The maximum atomic E-state index is 6.39. The highest BCUT2D eigenvalue weighted by Gasteiger charge is 2.21. The molecule has 0 aliphatic heterocycles. The minimum Gasteiger partial charge on any atom is -0.497 e.